The third-order valence-electron chi connectivity index (χ3n) is 1.97. The van der Waals surface area contributed by atoms with E-state index in [1.807, 2.05) is 6.07 Å². The van der Waals surface area contributed by atoms with E-state index in [9.17, 15) is 9.59 Å². The van der Waals surface area contributed by atoms with Crippen molar-refractivity contribution in [3.8, 4) is 0 Å². The van der Waals surface area contributed by atoms with Crippen LogP contribution < -0.4 is 5.43 Å². The monoisotopic (exact) mass is 312 g/mol. The van der Waals surface area contributed by atoms with Crippen LogP contribution in [0.25, 0.3) is 0 Å². The van der Waals surface area contributed by atoms with Crippen LogP contribution in [-0.2, 0) is 9.53 Å². The Balaban J connectivity index is 2.67. The van der Waals surface area contributed by atoms with E-state index in [1.54, 1.807) is 31.2 Å². The van der Waals surface area contributed by atoms with E-state index in [4.69, 9.17) is 4.74 Å². The van der Waals surface area contributed by atoms with Crippen LogP contribution in [0.1, 0.15) is 17.3 Å². The summed E-state index contributed by atoms with van der Waals surface area (Å²) in [5.74, 6) is -0.930. The molecule has 0 aliphatic heterocycles. The molecule has 0 spiro atoms. The Kier molecular flexibility index (Phi) is 6.07. The van der Waals surface area contributed by atoms with Gasteiger partial charge in [0.25, 0.3) is 5.91 Å². The first-order valence-corrected chi connectivity index (χ1v) is 6.46. The predicted molar refractivity (Wildman–Crippen MR) is 71.8 cm³/mol. The molecule has 96 valence electrons. The molecule has 0 fully saturated rings. The lowest BCUT2D eigenvalue weighted by atomic mass is 10.2. The number of nitrogens with one attached hydrogen (secondary N) is 1. The van der Waals surface area contributed by atoms with Crippen LogP contribution in [0.2, 0.25) is 0 Å². The number of benzene rings is 1. The van der Waals surface area contributed by atoms with E-state index < -0.39 is 5.97 Å². The first-order chi connectivity index (χ1) is 8.69. The smallest absolute Gasteiger partial charge is 0.355 e. The normalized spacial score (nSPS) is 10.9. The number of ether oxygens (including phenoxy) is 1. The molecule has 1 aromatic carbocycles. The minimum atomic E-state index is -0.553. The number of rotatable bonds is 5. The number of hydrogen-bond donors (Lipinski definition) is 1. The van der Waals surface area contributed by atoms with Gasteiger partial charge in [-0.3, -0.25) is 4.79 Å². The summed E-state index contributed by atoms with van der Waals surface area (Å²) >= 11 is 3.11. The second-order valence-electron chi connectivity index (χ2n) is 3.22. The van der Waals surface area contributed by atoms with Crippen LogP contribution in [0.15, 0.2) is 35.4 Å². The minimum Gasteiger partial charge on any atom is -0.461 e. The van der Waals surface area contributed by atoms with Crippen LogP contribution in [0.3, 0.4) is 0 Å². The second kappa shape index (κ2) is 7.60. The Morgan fingerprint density at radius 1 is 1.33 bits per heavy atom. The molecule has 0 saturated heterocycles. The zero-order valence-corrected chi connectivity index (χ0v) is 11.4. The molecule has 18 heavy (non-hydrogen) atoms. The van der Waals surface area contributed by atoms with Gasteiger partial charge in [-0.25, -0.2) is 10.2 Å². The molecule has 0 bridgehead atoms. The first-order valence-electron chi connectivity index (χ1n) is 5.34. The maximum atomic E-state index is 11.7. The summed E-state index contributed by atoms with van der Waals surface area (Å²) in [4.78, 5) is 23.0. The zero-order valence-electron chi connectivity index (χ0n) is 9.85. The fraction of sp³-hybridized carbons (Fsp3) is 0.250. The fourth-order valence-electron chi connectivity index (χ4n) is 1.12. The lowest BCUT2D eigenvalue weighted by Gasteiger charge is -2.03. The summed E-state index contributed by atoms with van der Waals surface area (Å²) in [6.07, 6.45) is 0. The highest BCUT2D eigenvalue weighted by Crippen LogP contribution is 1.98. The van der Waals surface area contributed by atoms with Gasteiger partial charge < -0.3 is 4.74 Å². The van der Waals surface area contributed by atoms with Gasteiger partial charge in [0.15, 0.2) is 5.71 Å². The molecule has 0 aliphatic carbocycles. The highest BCUT2D eigenvalue weighted by atomic mass is 79.9. The summed E-state index contributed by atoms with van der Waals surface area (Å²) in [5, 5.41) is 3.94. The maximum absolute atomic E-state index is 11.7. The van der Waals surface area contributed by atoms with Crippen molar-refractivity contribution in [2.75, 3.05) is 11.9 Å². The van der Waals surface area contributed by atoms with Crippen molar-refractivity contribution >= 4 is 33.5 Å². The maximum Gasteiger partial charge on any atom is 0.355 e. The molecule has 0 unspecified atom stereocenters. The number of amides is 1. The molecular weight excluding hydrogens is 300 g/mol. The summed E-state index contributed by atoms with van der Waals surface area (Å²) in [5.41, 5.74) is 2.89. The number of carbonyl (C=O) groups excluding carboxylic acids is 2. The molecule has 0 aliphatic rings. The standard InChI is InChI=1S/C12H13BrN2O3/c1-2-18-12(17)10(8-13)14-15-11(16)9-6-4-3-5-7-9/h3-7H,2,8H2,1H3,(H,15,16)/b14-10+. The fourth-order valence-corrected chi connectivity index (χ4v) is 1.47. The number of hydrazone groups is 1. The Morgan fingerprint density at radius 2 is 2.00 bits per heavy atom. The summed E-state index contributed by atoms with van der Waals surface area (Å²) in [6.45, 7) is 1.96. The lowest BCUT2D eigenvalue weighted by molar-refractivity contribution is -0.135. The quantitative estimate of drug-likeness (QED) is 0.390. The van der Waals surface area contributed by atoms with E-state index in [0.29, 0.717) is 5.56 Å². The van der Waals surface area contributed by atoms with Gasteiger partial charge in [0.05, 0.1) is 11.9 Å². The third-order valence-corrected chi connectivity index (χ3v) is 2.50. The Morgan fingerprint density at radius 3 is 2.56 bits per heavy atom. The van der Waals surface area contributed by atoms with Crippen LogP contribution in [-0.4, -0.2) is 29.5 Å². The predicted octanol–water partition coefficient (Wildman–Crippen LogP) is 1.73. The van der Waals surface area contributed by atoms with Gasteiger partial charge in [-0.15, -0.1) is 0 Å². The number of alkyl halides is 1. The summed E-state index contributed by atoms with van der Waals surface area (Å²) < 4.78 is 4.78. The zero-order chi connectivity index (χ0) is 13.4. The van der Waals surface area contributed by atoms with Gasteiger partial charge in [0.1, 0.15) is 0 Å². The van der Waals surface area contributed by atoms with Gasteiger partial charge in [-0.1, -0.05) is 34.1 Å². The first kappa shape index (κ1) is 14.4. The van der Waals surface area contributed by atoms with Gasteiger partial charge in [-0.2, -0.15) is 5.10 Å². The highest BCUT2D eigenvalue weighted by molar-refractivity contribution is 9.09. The van der Waals surface area contributed by atoms with E-state index >= 15 is 0 Å². The van der Waals surface area contributed by atoms with Gasteiger partial charge in [0, 0.05) is 5.56 Å². The number of carbonyl (C=O) groups is 2. The Hall–Kier alpha value is -1.69. The average molecular weight is 313 g/mol. The molecular formula is C12H13BrN2O3. The van der Waals surface area contributed by atoms with E-state index in [1.165, 1.54) is 0 Å². The molecule has 6 heteroatoms. The molecule has 0 saturated carbocycles. The van der Waals surface area contributed by atoms with Crippen molar-refractivity contribution in [3.05, 3.63) is 35.9 Å². The summed E-state index contributed by atoms with van der Waals surface area (Å²) in [6, 6.07) is 8.61. The molecule has 0 heterocycles. The molecule has 1 rings (SSSR count). The van der Waals surface area contributed by atoms with Crippen molar-refractivity contribution < 1.29 is 14.3 Å². The number of hydrogen-bond acceptors (Lipinski definition) is 4. The molecule has 0 radical (unpaired) electrons. The molecule has 0 aromatic heterocycles. The number of halogens is 1. The second-order valence-corrected chi connectivity index (χ2v) is 3.78. The number of nitrogens with zero attached hydrogens (tertiary/aromatic N) is 1. The van der Waals surface area contributed by atoms with Crippen molar-refractivity contribution in [1.82, 2.24) is 5.43 Å². The SMILES string of the molecule is CCOC(=O)/C(CBr)=N/NC(=O)c1ccccc1. The van der Waals surface area contributed by atoms with Crippen molar-refractivity contribution in [1.29, 1.82) is 0 Å². The largest absolute Gasteiger partial charge is 0.461 e. The van der Waals surface area contributed by atoms with Gasteiger partial charge in [-0.05, 0) is 19.1 Å². The molecule has 1 amide bonds. The van der Waals surface area contributed by atoms with Crippen LogP contribution in [0, 0.1) is 0 Å². The van der Waals surface area contributed by atoms with Gasteiger partial charge in [0.2, 0.25) is 0 Å². The van der Waals surface area contributed by atoms with Crippen LogP contribution >= 0.6 is 15.9 Å². The lowest BCUT2D eigenvalue weighted by Crippen LogP contribution is -2.25. The topological polar surface area (TPSA) is 67.8 Å². The van der Waals surface area contributed by atoms with Crippen LogP contribution in [0.4, 0.5) is 0 Å². The summed E-state index contributed by atoms with van der Waals surface area (Å²) in [7, 11) is 0. The molecule has 0 atom stereocenters. The third kappa shape index (κ3) is 4.29. The Bertz CT molecular complexity index is 446. The molecule has 5 nitrogen and oxygen atoms in total. The van der Waals surface area contributed by atoms with Gasteiger partial charge >= 0.3 is 5.97 Å². The van der Waals surface area contributed by atoms with Crippen LogP contribution in [0.5, 0.6) is 0 Å². The molecule has 1 N–H and O–H groups in total. The van der Waals surface area contributed by atoms with E-state index in [-0.39, 0.29) is 23.6 Å². The Labute approximate surface area is 113 Å². The van der Waals surface area contributed by atoms with E-state index in [0.717, 1.165) is 0 Å². The van der Waals surface area contributed by atoms with E-state index in [2.05, 4.69) is 26.5 Å². The molecule has 1 aromatic rings. The highest BCUT2D eigenvalue weighted by Gasteiger charge is 2.12. The van der Waals surface area contributed by atoms with Crippen molar-refractivity contribution in [2.24, 2.45) is 5.10 Å². The minimum absolute atomic E-state index is 0.112. The average Bonchev–Trinajstić information content (AvgIpc) is 2.40. The number of esters is 1. The van der Waals surface area contributed by atoms with Crippen molar-refractivity contribution in [2.45, 2.75) is 6.92 Å². The van der Waals surface area contributed by atoms with Crippen molar-refractivity contribution in [3.63, 3.8) is 0 Å².